The van der Waals surface area contributed by atoms with Crippen molar-refractivity contribution in [3.63, 3.8) is 0 Å². The highest BCUT2D eigenvalue weighted by atomic mass is 15.1. The molecule has 0 spiro atoms. The fourth-order valence-corrected chi connectivity index (χ4v) is 8.41. The lowest BCUT2D eigenvalue weighted by Crippen LogP contribution is -2.04. The minimum Gasteiger partial charge on any atom is -0.296 e. The van der Waals surface area contributed by atoms with Crippen LogP contribution in [0.5, 0.6) is 0 Å². The van der Waals surface area contributed by atoms with Crippen molar-refractivity contribution in [2.75, 3.05) is 0 Å². The summed E-state index contributed by atoms with van der Waals surface area (Å²) >= 11 is 0. The molecule has 1 aromatic heterocycles. The molecule has 0 N–H and O–H groups in total. The maximum Gasteiger partial charge on any atom is 0.145 e. The zero-order valence-corrected chi connectivity index (χ0v) is 30.4. The number of nitrogens with zero attached hydrogens (tertiary/aromatic N) is 2. The molecule has 1 heterocycles. The van der Waals surface area contributed by atoms with E-state index in [9.17, 15) is 0 Å². The van der Waals surface area contributed by atoms with E-state index in [4.69, 9.17) is 4.98 Å². The summed E-state index contributed by atoms with van der Waals surface area (Å²) in [7, 11) is 0. The first-order valence-electron chi connectivity index (χ1n) is 19.1. The van der Waals surface area contributed by atoms with Crippen LogP contribution in [0, 0.1) is 0 Å². The number of hydrogen-bond donors (Lipinski definition) is 0. The number of benzene rings is 8. The SMILES string of the molecule is C1=Cc2nc(-c3cccc(-c4ccc5c(-c6ccccc6)c(-c6ccccc6)c(-c6ccccc6)c(-c6ccccc6)c5c4)c3)n(-c3ccccc3)c2CC1. The highest BCUT2D eigenvalue weighted by Crippen LogP contribution is 2.51. The molecule has 0 atom stereocenters. The number of hydrogen-bond acceptors (Lipinski definition) is 1. The van der Waals surface area contributed by atoms with Crippen molar-refractivity contribution in [1.82, 2.24) is 9.55 Å². The lowest BCUT2D eigenvalue weighted by atomic mass is 9.78. The maximum absolute atomic E-state index is 5.24. The van der Waals surface area contributed by atoms with Crippen LogP contribution in [0.1, 0.15) is 17.8 Å². The van der Waals surface area contributed by atoms with Crippen molar-refractivity contribution in [1.29, 1.82) is 0 Å². The second kappa shape index (κ2) is 14.1. The topological polar surface area (TPSA) is 17.8 Å². The number of rotatable bonds is 7. The molecule has 1 aliphatic rings. The van der Waals surface area contributed by atoms with E-state index < -0.39 is 0 Å². The third-order valence-corrected chi connectivity index (χ3v) is 10.9. The van der Waals surface area contributed by atoms with Gasteiger partial charge >= 0.3 is 0 Å². The molecule has 0 fully saturated rings. The number of allylic oxidation sites excluding steroid dienone is 1. The molecule has 55 heavy (non-hydrogen) atoms. The summed E-state index contributed by atoms with van der Waals surface area (Å²) in [5.41, 5.74) is 16.6. The van der Waals surface area contributed by atoms with Crippen LogP contribution >= 0.6 is 0 Å². The van der Waals surface area contributed by atoms with Crippen LogP contribution < -0.4 is 0 Å². The van der Waals surface area contributed by atoms with Crippen molar-refractivity contribution >= 4 is 16.8 Å². The Kier molecular flexibility index (Phi) is 8.35. The smallest absolute Gasteiger partial charge is 0.145 e. The molecule has 0 saturated heterocycles. The Bertz CT molecular complexity index is 2820. The van der Waals surface area contributed by atoms with Gasteiger partial charge in [0, 0.05) is 11.3 Å². The van der Waals surface area contributed by atoms with E-state index in [-0.39, 0.29) is 0 Å². The van der Waals surface area contributed by atoms with Crippen molar-refractivity contribution in [3.05, 3.63) is 212 Å². The summed E-state index contributed by atoms with van der Waals surface area (Å²) in [6, 6.07) is 70.3. The van der Waals surface area contributed by atoms with Crippen molar-refractivity contribution in [2.24, 2.45) is 0 Å². The van der Waals surface area contributed by atoms with Gasteiger partial charge in [0.1, 0.15) is 5.82 Å². The van der Waals surface area contributed by atoms with Crippen LogP contribution in [0.4, 0.5) is 0 Å². The summed E-state index contributed by atoms with van der Waals surface area (Å²) in [4.78, 5) is 5.24. The molecular weight excluding hydrogens is 665 g/mol. The molecule has 2 nitrogen and oxygen atoms in total. The molecule has 0 aliphatic heterocycles. The van der Waals surface area contributed by atoms with Crippen LogP contribution in [0.25, 0.3) is 89.6 Å². The van der Waals surface area contributed by atoms with E-state index in [1.54, 1.807) is 0 Å². The fourth-order valence-electron chi connectivity index (χ4n) is 8.41. The molecule has 0 bridgehead atoms. The summed E-state index contributed by atoms with van der Waals surface area (Å²) < 4.78 is 2.36. The monoisotopic (exact) mass is 702 g/mol. The molecule has 0 radical (unpaired) electrons. The van der Waals surface area contributed by atoms with Gasteiger partial charge < -0.3 is 0 Å². The zero-order valence-electron chi connectivity index (χ0n) is 30.4. The summed E-state index contributed by atoms with van der Waals surface area (Å²) in [6.07, 6.45) is 6.41. The van der Waals surface area contributed by atoms with Gasteiger partial charge in [-0.15, -0.1) is 0 Å². The Hall–Kier alpha value is -7.03. The van der Waals surface area contributed by atoms with Crippen LogP contribution in [-0.4, -0.2) is 9.55 Å². The first-order valence-corrected chi connectivity index (χ1v) is 19.1. The Morgan fingerprint density at radius 2 is 0.855 bits per heavy atom. The molecular formula is C53H38N2. The van der Waals surface area contributed by atoms with Gasteiger partial charge in [-0.25, -0.2) is 4.98 Å². The third kappa shape index (κ3) is 5.89. The van der Waals surface area contributed by atoms with Gasteiger partial charge in [0.2, 0.25) is 0 Å². The normalized spacial score (nSPS) is 12.1. The van der Waals surface area contributed by atoms with Crippen LogP contribution in [0.3, 0.4) is 0 Å². The lowest BCUT2D eigenvalue weighted by molar-refractivity contribution is 0.878. The first kappa shape index (κ1) is 32.6. The van der Waals surface area contributed by atoms with Gasteiger partial charge in [0.25, 0.3) is 0 Å². The Balaban J connectivity index is 1.26. The summed E-state index contributed by atoms with van der Waals surface area (Å²) in [6.45, 7) is 0. The van der Waals surface area contributed by atoms with Gasteiger partial charge in [0.15, 0.2) is 0 Å². The molecule has 1 aliphatic carbocycles. The average molecular weight is 703 g/mol. The third-order valence-electron chi connectivity index (χ3n) is 10.9. The van der Waals surface area contributed by atoms with Gasteiger partial charge in [-0.1, -0.05) is 176 Å². The van der Waals surface area contributed by atoms with E-state index in [0.29, 0.717) is 0 Å². The molecule has 0 amide bonds. The second-order valence-electron chi connectivity index (χ2n) is 14.2. The minimum atomic E-state index is 0.971. The van der Waals surface area contributed by atoms with Crippen LogP contribution in [-0.2, 0) is 6.42 Å². The Morgan fingerprint density at radius 1 is 0.382 bits per heavy atom. The predicted octanol–water partition coefficient (Wildman–Crippen LogP) is 14.0. The number of para-hydroxylation sites is 1. The first-order chi connectivity index (χ1) is 27.3. The number of aromatic nitrogens is 2. The van der Waals surface area contributed by atoms with Crippen molar-refractivity contribution in [3.8, 4) is 72.7 Å². The van der Waals surface area contributed by atoms with Gasteiger partial charge in [-0.2, -0.15) is 0 Å². The van der Waals surface area contributed by atoms with Crippen LogP contribution in [0.15, 0.2) is 200 Å². The van der Waals surface area contributed by atoms with E-state index in [1.807, 2.05) is 0 Å². The average Bonchev–Trinajstić information content (AvgIpc) is 3.67. The number of imidazole rings is 1. The van der Waals surface area contributed by atoms with Crippen molar-refractivity contribution < 1.29 is 0 Å². The number of fused-ring (bicyclic) bond motifs is 2. The molecule has 10 rings (SSSR count). The molecule has 9 aromatic rings. The zero-order chi connectivity index (χ0) is 36.6. The maximum atomic E-state index is 5.24. The largest absolute Gasteiger partial charge is 0.296 e. The van der Waals surface area contributed by atoms with Crippen LogP contribution in [0.2, 0.25) is 0 Å². The van der Waals surface area contributed by atoms with Crippen molar-refractivity contribution in [2.45, 2.75) is 12.8 Å². The molecule has 0 unspecified atom stereocenters. The predicted molar refractivity (Wildman–Crippen MR) is 231 cm³/mol. The van der Waals surface area contributed by atoms with Gasteiger partial charge in [-0.3, -0.25) is 4.57 Å². The standard InChI is InChI=1S/C53H38N2/c1-6-19-37(20-7-1)49-45-34-33-42(41-27-18-28-43(35-41)53-54-47-31-16-17-32-48(47)55(53)44-29-14-5-15-30-44)36-46(45)50(38-21-8-2-9-22-38)52(40-25-12-4-13-26-40)51(49)39-23-10-3-11-24-39/h1-16,18-31,33-36H,17,32H2. The Labute approximate surface area is 322 Å². The Morgan fingerprint density at radius 3 is 1.44 bits per heavy atom. The molecule has 0 saturated carbocycles. The molecule has 260 valence electrons. The molecule has 2 heteroatoms. The summed E-state index contributed by atoms with van der Waals surface area (Å²) in [5.74, 6) is 0.973. The van der Waals surface area contributed by atoms with Gasteiger partial charge in [-0.05, 0) is 110 Å². The highest BCUT2D eigenvalue weighted by Gasteiger charge is 2.25. The summed E-state index contributed by atoms with van der Waals surface area (Å²) in [5, 5.41) is 2.44. The van der Waals surface area contributed by atoms with Gasteiger partial charge in [0.05, 0.1) is 11.4 Å². The second-order valence-corrected chi connectivity index (χ2v) is 14.2. The quantitative estimate of drug-likeness (QED) is 0.162. The molecule has 8 aromatic carbocycles. The van der Waals surface area contributed by atoms with E-state index in [2.05, 4.69) is 211 Å². The van der Waals surface area contributed by atoms with E-state index in [0.717, 1.165) is 41.2 Å². The fraction of sp³-hybridized carbons (Fsp3) is 0.0377. The lowest BCUT2D eigenvalue weighted by Gasteiger charge is -2.24. The highest BCUT2D eigenvalue weighted by molar-refractivity contribution is 6.18. The van der Waals surface area contributed by atoms with E-state index >= 15 is 0 Å². The minimum absolute atomic E-state index is 0.971. The van der Waals surface area contributed by atoms with E-state index in [1.165, 1.54) is 66.5 Å².